The largest absolute Gasteiger partial charge is 0.350 e. The molecule has 0 radical (unpaired) electrons. The summed E-state index contributed by atoms with van der Waals surface area (Å²) < 4.78 is 4.06. The molecule has 1 N–H and O–H groups in total. The maximum atomic E-state index is 12.5. The molecule has 148 valence electrons. The summed E-state index contributed by atoms with van der Waals surface area (Å²) in [5.74, 6) is -0.146. The van der Waals surface area contributed by atoms with E-state index in [1.807, 2.05) is 41.2 Å². The Kier molecular flexibility index (Phi) is 5.37. The number of carbonyl (C=O) groups excluding carboxylic acids is 1. The number of imidazole rings is 2. The Hall–Kier alpha value is -3.48. The van der Waals surface area contributed by atoms with E-state index in [1.165, 1.54) is 5.56 Å². The predicted molar refractivity (Wildman–Crippen MR) is 112 cm³/mol. The fourth-order valence-corrected chi connectivity index (χ4v) is 3.29. The SMILES string of the molecule is Cc1ncn(CCNC(=O)c2cnc3c(c2)ncn3CCc2ccccc2)c1C. The number of nitrogens with one attached hydrogen (secondary N) is 1. The maximum Gasteiger partial charge on any atom is 0.252 e. The molecule has 4 rings (SSSR count). The van der Waals surface area contributed by atoms with Crippen LogP contribution >= 0.6 is 0 Å². The Morgan fingerprint density at radius 2 is 1.79 bits per heavy atom. The van der Waals surface area contributed by atoms with Crippen molar-refractivity contribution in [3.63, 3.8) is 0 Å². The Morgan fingerprint density at radius 3 is 2.55 bits per heavy atom. The molecule has 0 unspecified atom stereocenters. The van der Waals surface area contributed by atoms with E-state index < -0.39 is 0 Å². The van der Waals surface area contributed by atoms with Gasteiger partial charge >= 0.3 is 0 Å². The van der Waals surface area contributed by atoms with Crippen LogP contribution in [0.2, 0.25) is 0 Å². The lowest BCUT2D eigenvalue weighted by molar-refractivity contribution is 0.0952. The number of hydrogen-bond donors (Lipinski definition) is 1. The first-order valence-electron chi connectivity index (χ1n) is 9.73. The molecule has 0 spiro atoms. The highest BCUT2D eigenvalue weighted by molar-refractivity contribution is 5.96. The molecule has 3 aromatic heterocycles. The molecule has 4 aromatic rings. The highest BCUT2D eigenvalue weighted by Gasteiger charge is 2.11. The van der Waals surface area contributed by atoms with Crippen molar-refractivity contribution in [3.05, 3.63) is 77.8 Å². The number of hydrogen-bond acceptors (Lipinski definition) is 4. The summed E-state index contributed by atoms with van der Waals surface area (Å²) in [5.41, 5.74) is 5.43. The second-order valence-corrected chi connectivity index (χ2v) is 7.10. The lowest BCUT2D eigenvalue weighted by Gasteiger charge is -2.08. The van der Waals surface area contributed by atoms with Crippen LogP contribution in [-0.2, 0) is 19.5 Å². The van der Waals surface area contributed by atoms with Crippen LogP contribution in [0.25, 0.3) is 11.2 Å². The van der Waals surface area contributed by atoms with Crippen molar-refractivity contribution in [2.75, 3.05) is 6.54 Å². The van der Waals surface area contributed by atoms with Crippen molar-refractivity contribution in [3.8, 4) is 0 Å². The number of fused-ring (bicyclic) bond motifs is 1. The third-order valence-electron chi connectivity index (χ3n) is 5.19. The van der Waals surface area contributed by atoms with Crippen LogP contribution < -0.4 is 5.32 Å². The average molecular weight is 388 g/mol. The van der Waals surface area contributed by atoms with E-state index in [1.54, 1.807) is 24.9 Å². The molecule has 0 bridgehead atoms. The molecule has 0 aliphatic heterocycles. The van der Waals surface area contributed by atoms with Crippen LogP contribution in [0.4, 0.5) is 0 Å². The number of aromatic nitrogens is 5. The van der Waals surface area contributed by atoms with Crippen molar-refractivity contribution in [1.82, 2.24) is 29.4 Å². The van der Waals surface area contributed by atoms with Gasteiger partial charge in [-0.25, -0.2) is 15.0 Å². The molecule has 0 atom stereocenters. The molecular formula is C22H24N6O. The van der Waals surface area contributed by atoms with Crippen LogP contribution in [0.5, 0.6) is 0 Å². The van der Waals surface area contributed by atoms with Crippen LogP contribution in [0, 0.1) is 13.8 Å². The Labute approximate surface area is 169 Å². The molecule has 0 aliphatic rings. The minimum Gasteiger partial charge on any atom is -0.350 e. The molecule has 0 aliphatic carbocycles. The van der Waals surface area contributed by atoms with Crippen molar-refractivity contribution in [2.24, 2.45) is 0 Å². The highest BCUT2D eigenvalue weighted by atomic mass is 16.1. The van der Waals surface area contributed by atoms with E-state index in [9.17, 15) is 4.79 Å². The minimum atomic E-state index is -0.146. The van der Waals surface area contributed by atoms with Crippen LogP contribution in [0.3, 0.4) is 0 Å². The first-order valence-corrected chi connectivity index (χ1v) is 9.73. The molecule has 0 fully saturated rings. The third kappa shape index (κ3) is 4.18. The highest BCUT2D eigenvalue weighted by Crippen LogP contribution is 2.13. The van der Waals surface area contributed by atoms with Crippen LogP contribution in [0.15, 0.2) is 55.2 Å². The topological polar surface area (TPSA) is 77.6 Å². The van der Waals surface area contributed by atoms with Crippen LogP contribution in [-0.4, -0.2) is 36.5 Å². The second-order valence-electron chi connectivity index (χ2n) is 7.10. The Balaban J connectivity index is 1.38. The van der Waals surface area contributed by atoms with Gasteiger partial charge in [-0.3, -0.25) is 4.79 Å². The number of aryl methyl sites for hydroxylation is 3. The summed E-state index contributed by atoms with van der Waals surface area (Å²) in [4.78, 5) is 25.7. The summed E-state index contributed by atoms with van der Waals surface area (Å²) in [6.07, 6.45) is 6.10. The number of benzene rings is 1. The zero-order valence-corrected chi connectivity index (χ0v) is 16.7. The van der Waals surface area contributed by atoms with E-state index >= 15 is 0 Å². The average Bonchev–Trinajstić information content (AvgIpc) is 3.30. The zero-order chi connectivity index (χ0) is 20.2. The molecule has 7 heteroatoms. The van der Waals surface area contributed by atoms with Gasteiger partial charge in [0.2, 0.25) is 0 Å². The first kappa shape index (κ1) is 18.9. The van der Waals surface area contributed by atoms with Crippen molar-refractivity contribution in [1.29, 1.82) is 0 Å². The Morgan fingerprint density at radius 1 is 1.00 bits per heavy atom. The first-order chi connectivity index (χ1) is 14.1. The van der Waals surface area contributed by atoms with Crippen LogP contribution in [0.1, 0.15) is 27.3 Å². The summed E-state index contributed by atoms with van der Waals surface area (Å²) in [5, 5.41) is 2.94. The van der Waals surface area contributed by atoms with Gasteiger partial charge < -0.3 is 14.5 Å². The molecule has 0 saturated carbocycles. The lowest BCUT2D eigenvalue weighted by atomic mass is 10.1. The van der Waals surface area contributed by atoms with Gasteiger partial charge in [-0.05, 0) is 31.9 Å². The molecular weight excluding hydrogens is 364 g/mol. The molecule has 7 nitrogen and oxygen atoms in total. The smallest absolute Gasteiger partial charge is 0.252 e. The standard InChI is InChI=1S/C22H24N6O/c1-16-17(2)27(14-25-16)11-9-23-22(29)19-12-20-21(24-13-19)28(15-26-20)10-8-18-6-4-3-5-7-18/h3-7,12-15H,8-11H2,1-2H3,(H,23,29). The van der Waals surface area contributed by atoms with E-state index in [0.717, 1.165) is 35.5 Å². The second kappa shape index (κ2) is 8.26. The van der Waals surface area contributed by atoms with Crippen molar-refractivity contribution in [2.45, 2.75) is 33.4 Å². The predicted octanol–water partition coefficient (Wildman–Crippen LogP) is 2.92. The molecule has 0 saturated heterocycles. The fraction of sp³-hybridized carbons (Fsp3) is 0.273. The van der Waals surface area contributed by atoms with E-state index in [2.05, 4.69) is 32.4 Å². The Bertz CT molecular complexity index is 1130. The summed E-state index contributed by atoms with van der Waals surface area (Å²) >= 11 is 0. The third-order valence-corrected chi connectivity index (χ3v) is 5.19. The number of pyridine rings is 1. The van der Waals surface area contributed by atoms with Gasteiger partial charge in [0.05, 0.1) is 23.9 Å². The fourth-order valence-electron chi connectivity index (χ4n) is 3.29. The van der Waals surface area contributed by atoms with Gasteiger partial charge in [-0.15, -0.1) is 0 Å². The zero-order valence-electron chi connectivity index (χ0n) is 16.7. The summed E-state index contributed by atoms with van der Waals surface area (Å²) in [6, 6.07) is 12.1. The molecule has 1 amide bonds. The molecule has 3 heterocycles. The van der Waals surface area contributed by atoms with E-state index in [0.29, 0.717) is 18.7 Å². The number of nitrogens with zero attached hydrogens (tertiary/aromatic N) is 5. The normalized spacial score (nSPS) is 11.1. The number of rotatable bonds is 7. The number of amides is 1. The van der Waals surface area contributed by atoms with Gasteiger partial charge in [0.15, 0.2) is 5.65 Å². The van der Waals surface area contributed by atoms with Crippen molar-refractivity contribution < 1.29 is 4.79 Å². The lowest BCUT2D eigenvalue weighted by Crippen LogP contribution is -2.27. The van der Waals surface area contributed by atoms with Crippen molar-refractivity contribution >= 4 is 17.1 Å². The molecule has 1 aromatic carbocycles. The van der Waals surface area contributed by atoms with Gasteiger partial charge in [-0.1, -0.05) is 30.3 Å². The van der Waals surface area contributed by atoms with Gasteiger partial charge in [0.1, 0.15) is 5.52 Å². The molecule has 29 heavy (non-hydrogen) atoms. The van der Waals surface area contributed by atoms with Gasteiger partial charge in [0.25, 0.3) is 5.91 Å². The maximum absolute atomic E-state index is 12.5. The quantitative estimate of drug-likeness (QED) is 0.528. The monoisotopic (exact) mass is 388 g/mol. The van der Waals surface area contributed by atoms with Gasteiger partial charge in [0, 0.05) is 31.5 Å². The number of carbonyl (C=O) groups is 1. The summed E-state index contributed by atoms with van der Waals surface area (Å²) in [7, 11) is 0. The van der Waals surface area contributed by atoms with Gasteiger partial charge in [-0.2, -0.15) is 0 Å². The summed E-state index contributed by atoms with van der Waals surface area (Å²) in [6.45, 7) is 6.00. The minimum absolute atomic E-state index is 0.146. The van der Waals surface area contributed by atoms with E-state index in [-0.39, 0.29) is 5.91 Å². The van der Waals surface area contributed by atoms with E-state index in [4.69, 9.17) is 0 Å².